The predicted octanol–water partition coefficient (Wildman–Crippen LogP) is 5.60. The molecular weight excluding hydrogens is 446 g/mol. The normalized spacial score (nSPS) is 17.8. The van der Waals surface area contributed by atoms with Crippen molar-refractivity contribution in [3.8, 4) is 0 Å². The fourth-order valence-electron chi connectivity index (χ4n) is 5.08. The van der Waals surface area contributed by atoms with Crippen molar-refractivity contribution in [2.75, 3.05) is 32.0 Å². The fourth-order valence-corrected chi connectivity index (χ4v) is 5.08. The largest absolute Gasteiger partial charge is 0.362 e. The van der Waals surface area contributed by atoms with E-state index in [9.17, 15) is 4.79 Å². The van der Waals surface area contributed by atoms with Gasteiger partial charge in [0.25, 0.3) is 5.91 Å². The van der Waals surface area contributed by atoms with E-state index in [1.54, 1.807) is 0 Å². The molecule has 2 aliphatic rings. The van der Waals surface area contributed by atoms with Crippen molar-refractivity contribution in [3.05, 3.63) is 71.1 Å². The minimum absolute atomic E-state index is 0.136. The molecule has 6 nitrogen and oxygen atoms in total. The smallest absolute Gasteiger partial charge is 0.254 e. The van der Waals surface area contributed by atoms with E-state index in [2.05, 4.69) is 70.8 Å². The van der Waals surface area contributed by atoms with Crippen LogP contribution in [-0.2, 0) is 11.3 Å². The van der Waals surface area contributed by atoms with Crippen LogP contribution in [0, 0.1) is 0 Å². The predicted molar refractivity (Wildman–Crippen MR) is 150 cm³/mol. The molecule has 1 amide bonds. The Balaban J connectivity index is 1.34. The zero-order chi connectivity index (χ0) is 25.5. The lowest BCUT2D eigenvalue weighted by Gasteiger charge is -2.36. The number of benzene rings is 1. The lowest BCUT2D eigenvalue weighted by atomic mass is 10.0. The van der Waals surface area contributed by atoms with Crippen molar-refractivity contribution in [1.29, 1.82) is 0 Å². The highest BCUT2D eigenvalue weighted by Gasteiger charge is 2.22. The average molecular weight is 488 g/mol. The van der Waals surface area contributed by atoms with Crippen molar-refractivity contribution in [2.45, 2.75) is 65.5 Å². The molecule has 1 saturated heterocycles. The number of carbonyl (C=O) groups is 1. The molecule has 1 aliphatic heterocycles. The lowest BCUT2D eigenvalue weighted by molar-refractivity contribution is -0.112. The number of amides is 1. The third-order valence-corrected chi connectivity index (χ3v) is 7.42. The molecule has 0 bridgehead atoms. The first-order valence-electron chi connectivity index (χ1n) is 13.4. The average Bonchev–Trinajstić information content (AvgIpc) is 2.89. The number of carbonyl (C=O) groups excluding carboxylic acids is 1. The molecule has 1 aliphatic carbocycles. The number of nitrogens with zero attached hydrogens (tertiary/aromatic N) is 3. The van der Waals surface area contributed by atoms with Gasteiger partial charge in [-0.2, -0.15) is 0 Å². The Kier molecular flexibility index (Phi) is 8.94. The molecule has 6 heteroatoms. The number of nitrogens with one attached hydrogen (secondary N) is 2. The highest BCUT2D eigenvalue weighted by Crippen LogP contribution is 2.22. The first kappa shape index (κ1) is 26.1. The first-order valence-corrected chi connectivity index (χ1v) is 13.4. The summed E-state index contributed by atoms with van der Waals surface area (Å²) in [5, 5.41) is 7.43. The van der Waals surface area contributed by atoms with E-state index >= 15 is 0 Å². The van der Waals surface area contributed by atoms with Crippen LogP contribution in [0.5, 0.6) is 0 Å². The summed E-state index contributed by atoms with van der Waals surface area (Å²) in [6.07, 6.45) is 11.9. The van der Waals surface area contributed by atoms with Gasteiger partial charge in [-0.15, -0.1) is 0 Å². The van der Waals surface area contributed by atoms with E-state index < -0.39 is 0 Å². The molecule has 0 saturated carbocycles. The number of likely N-dealkylation sites (tertiary alicyclic amines) is 1. The van der Waals surface area contributed by atoms with Gasteiger partial charge < -0.3 is 15.5 Å². The molecule has 1 aromatic heterocycles. The Bertz CT molecular complexity index is 1160. The SMILES string of the molecule is CCCN(C)C1CCN(Cc2ccc3nc(NC(=O)/C(C)=C(\C)NC4=CC=CCC4)ccc3c2)CC1. The van der Waals surface area contributed by atoms with Crippen LogP contribution in [0.4, 0.5) is 5.82 Å². The van der Waals surface area contributed by atoms with Gasteiger partial charge in [-0.25, -0.2) is 4.98 Å². The Morgan fingerprint density at radius 3 is 2.67 bits per heavy atom. The van der Waals surface area contributed by atoms with Crippen molar-refractivity contribution >= 4 is 22.6 Å². The molecule has 0 atom stereocenters. The van der Waals surface area contributed by atoms with Crippen LogP contribution in [0.3, 0.4) is 0 Å². The van der Waals surface area contributed by atoms with Gasteiger partial charge >= 0.3 is 0 Å². The Morgan fingerprint density at radius 2 is 1.94 bits per heavy atom. The summed E-state index contributed by atoms with van der Waals surface area (Å²) in [7, 11) is 2.26. The second-order valence-corrected chi connectivity index (χ2v) is 10.2. The highest BCUT2D eigenvalue weighted by molar-refractivity contribution is 6.03. The van der Waals surface area contributed by atoms with E-state index in [0.29, 0.717) is 11.4 Å². The van der Waals surface area contributed by atoms with Crippen LogP contribution in [0.2, 0.25) is 0 Å². The van der Waals surface area contributed by atoms with Gasteiger partial charge in [0.2, 0.25) is 0 Å². The van der Waals surface area contributed by atoms with Gasteiger partial charge in [0.05, 0.1) is 5.52 Å². The summed E-state index contributed by atoms with van der Waals surface area (Å²) in [5.41, 5.74) is 4.86. The van der Waals surface area contributed by atoms with Crippen LogP contribution in [-0.4, -0.2) is 53.4 Å². The van der Waals surface area contributed by atoms with Crippen LogP contribution in [0.1, 0.15) is 58.4 Å². The monoisotopic (exact) mass is 487 g/mol. The second-order valence-electron chi connectivity index (χ2n) is 10.2. The van der Waals surface area contributed by atoms with Crippen molar-refractivity contribution in [3.63, 3.8) is 0 Å². The molecule has 2 heterocycles. The quantitative estimate of drug-likeness (QED) is 0.451. The number of pyridine rings is 1. The molecule has 2 N–H and O–H groups in total. The number of hydrogen-bond donors (Lipinski definition) is 2. The summed E-state index contributed by atoms with van der Waals surface area (Å²) in [5.74, 6) is 0.439. The summed E-state index contributed by atoms with van der Waals surface area (Å²) in [6, 6.07) is 11.1. The number of piperidine rings is 1. The maximum absolute atomic E-state index is 12.8. The zero-order valence-electron chi connectivity index (χ0n) is 22.3. The zero-order valence-corrected chi connectivity index (χ0v) is 22.3. The number of hydrogen-bond acceptors (Lipinski definition) is 5. The van der Waals surface area contributed by atoms with Gasteiger partial charge in [-0.3, -0.25) is 9.69 Å². The molecule has 192 valence electrons. The van der Waals surface area contributed by atoms with Gasteiger partial charge in [-0.1, -0.05) is 25.1 Å². The van der Waals surface area contributed by atoms with E-state index in [4.69, 9.17) is 4.98 Å². The molecule has 2 aromatic rings. The van der Waals surface area contributed by atoms with Crippen LogP contribution >= 0.6 is 0 Å². The van der Waals surface area contributed by atoms with E-state index in [0.717, 1.165) is 60.8 Å². The van der Waals surface area contributed by atoms with Crippen molar-refractivity contribution in [2.24, 2.45) is 0 Å². The minimum Gasteiger partial charge on any atom is -0.362 e. The maximum Gasteiger partial charge on any atom is 0.254 e. The molecule has 36 heavy (non-hydrogen) atoms. The van der Waals surface area contributed by atoms with Crippen molar-refractivity contribution in [1.82, 2.24) is 20.1 Å². The second kappa shape index (κ2) is 12.3. The van der Waals surface area contributed by atoms with Crippen LogP contribution < -0.4 is 10.6 Å². The first-order chi connectivity index (χ1) is 17.4. The third kappa shape index (κ3) is 6.83. The van der Waals surface area contributed by atoms with E-state index in [1.807, 2.05) is 26.0 Å². The number of anilines is 1. The minimum atomic E-state index is -0.136. The fraction of sp³-hybridized carbons (Fsp3) is 0.467. The molecule has 0 spiro atoms. The third-order valence-electron chi connectivity index (χ3n) is 7.42. The summed E-state index contributed by atoms with van der Waals surface area (Å²) < 4.78 is 0. The van der Waals surface area contributed by atoms with E-state index in [1.165, 1.54) is 31.4 Å². The Morgan fingerprint density at radius 1 is 1.14 bits per heavy atom. The summed E-state index contributed by atoms with van der Waals surface area (Å²) in [6.45, 7) is 10.5. The standard InChI is InChI=1S/C30H41N5O/c1-5-17-34(4)27-15-18-35(19-16-27)21-24-11-13-28-25(20-24)12-14-29(32-28)33-30(36)22(2)23(3)31-26-9-7-6-8-10-26/h6-7,9,11-14,20,27,31H,5,8,10,15-19,21H2,1-4H3,(H,32,33,36)/b23-22+. The lowest BCUT2D eigenvalue weighted by Crippen LogP contribution is -2.43. The van der Waals surface area contributed by atoms with Crippen LogP contribution in [0.25, 0.3) is 10.9 Å². The molecule has 4 rings (SSSR count). The van der Waals surface area contributed by atoms with Gasteiger partial charge in [0.1, 0.15) is 5.82 Å². The molecule has 0 unspecified atom stereocenters. The van der Waals surface area contributed by atoms with Gasteiger partial charge in [-0.05, 0) is 109 Å². The van der Waals surface area contributed by atoms with Crippen LogP contribution in [0.15, 0.2) is 65.5 Å². The summed E-state index contributed by atoms with van der Waals surface area (Å²) in [4.78, 5) is 22.6. The Labute approximate surface area is 216 Å². The van der Waals surface area contributed by atoms with Crippen molar-refractivity contribution < 1.29 is 4.79 Å². The summed E-state index contributed by atoms with van der Waals surface area (Å²) >= 11 is 0. The molecule has 1 fully saturated rings. The van der Waals surface area contributed by atoms with Gasteiger partial charge in [0, 0.05) is 34.9 Å². The van der Waals surface area contributed by atoms with E-state index in [-0.39, 0.29) is 5.91 Å². The number of fused-ring (bicyclic) bond motifs is 1. The highest BCUT2D eigenvalue weighted by atomic mass is 16.1. The number of rotatable bonds is 9. The number of aromatic nitrogens is 1. The maximum atomic E-state index is 12.8. The molecular formula is C30H41N5O. The molecule has 0 radical (unpaired) electrons. The van der Waals surface area contributed by atoms with Gasteiger partial charge in [0.15, 0.2) is 0 Å². The Hall–Kier alpha value is -2.96. The molecule has 1 aromatic carbocycles. The number of allylic oxidation sites excluding steroid dienone is 5. The topological polar surface area (TPSA) is 60.5 Å².